The Morgan fingerprint density at radius 2 is 1.88 bits per heavy atom. The van der Waals surface area contributed by atoms with Gasteiger partial charge in [0.15, 0.2) is 0 Å². The first-order valence-electron chi connectivity index (χ1n) is 10.4. The Hall–Kier alpha value is -3.23. The third kappa shape index (κ3) is 5.58. The zero-order valence-corrected chi connectivity index (χ0v) is 19.5. The van der Waals surface area contributed by atoms with Gasteiger partial charge in [0.1, 0.15) is 10.6 Å². The van der Waals surface area contributed by atoms with Crippen LogP contribution in [-0.4, -0.2) is 34.7 Å². The van der Waals surface area contributed by atoms with E-state index in [-0.39, 0.29) is 37.1 Å². The summed E-state index contributed by atoms with van der Waals surface area (Å²) in [5.41, 5.74) is 2.40. The number of aryl methyl sites for hydroxylation is 1. The highest BCUT2D eigenvalue weighted by Crippen LogP contribution is 2.29. The molecule has 0 unspecified atom stereocenters. The topological polar surface area (TPSA) is 76.0 Å². The second-order valence-corrected chi connectivity index (χ2v) is 9.01. The third-order valence-electron chi connectivity index (χ3n) is 5.10. The third-order valence-corrected chi connectivity index (χ3v) is 6.61. The van der Waals surface area contributed by atoms with Crippen molar-refractivity contribution in [2.24, 2.45) is 0 Å². The molecular formula is C24H22ClFN4O2S. The summed E-state index contributed by atoms with van der Waals surface area (Å²) in [7, 11) is 0. The number of hydrogen-bond acceptors (Lipinski definition) is 4. The van der Waals surface area contributed by atoms with E-state index in [1.165, 1.54) is 23.5 Å². The number of fused-ring (bicyclic) bond motifs is 1. The molecule has 0 saturated heterocycles. The number of rotatable bonds is 8. The van der Waals surface area contributed by atoms with E-state index < -0.39 is 0 Å². The fraction of sp³-hybridized carbons (Fsp3) is 0.208. The molecule has 2 heterocycles. The molecule has 0 fully saturated rings. The molecule has 2 aromatic carbocycles. The van der Waals surface area contributed by atoms with E-state index >= 15 is 0 Å². The Kier molecular flexibility index (Phi) is 7.05. The standard InChI is InChI=1S/C24H22ClFN4O2S/c1-15-19-13-21(33-24(19)30(29-15)14-17-6-2-3-8-20(17)25)23(32)28-10-9-27-22(31)12-16-5-4-7-18(26)11-16/h2-8,11,13H,9-10,12,14H2,1H3,(H,27,31)(H,28,32). The summed E-state index contributed by atoms with van der Waals surface area (Å²) in [6.45, 7) is 2.99. The molecule has 0 radical (unpaired) electrons. The number of benzene rings is 2. The molecule has 0 aliphatic rings. The minimum absolute atomic E-state index is 0.0865. The number of nitrogens with zero attached hydrogens (tertiary/aromatic N) is 2. The molecule has 9 heteroatoms. The molecule has 0 atom stereocenters. The molecule has 4 rings (SSSR count). The lowest BCUT2D eigenvalue weighted by molar-refractivity contribution is -0.120. The summed E-state index contributed by atoms with van der Waals surface area (Å²) < 4.78 is 15.1. The second kappa shape index (κ2) is 10.1. The Morgan fingerprint density at radius 1 is 1.09 bits per heavy atom. The van der Waals surface area contributed by atoms with Gasteiger partial charge in [-0.1, -0.05) is 41.9 Å². The summed E-state index contributed by atoms with van der Waals surface area (Å²) in [6.07, 6.45) is 0.0865. The molecule has 170 valence electrons. The molecule has 33 heavy (non-hydrogen) atoms. The summed E-state index contributed by atoms with van der Waals surface area (Å²) in [4.78, 5) is 26.1. The van der Waals surface area contributed by atoms with E-state index in [1.807, 2.05) is 41.9 Å². The van der Waals surface area contributed by atoms with Gasteiger partial charge in [-0.2, -0.15) is 5.10 Å². The lowest BCUT2D eigenvalue weighted by atomic mass is 10.1. The van der Waals surface area contributed by atoms with Crippen LogP contribution in [0.25, 0.3) is 10.2 Å². The van der Waals surface area contributed by atoms with E-state index in [9.17, 15) is 14.0 Å². The number of nitrogens with one attached hydrogen (secondary N) is 2. The maximum atomic E-state index is 13.2. The number of carbonyl (C=O) groups excluding carboxylic acids is 2. The monoisotopic (exact) mass is 484 g/mol. The maximum absolute atomic E-state index is 13.2. The van der Waals surface area contributed by atoms with Crippen LogP contribution in [0.2, 0.25) is 5.02 Å². The SMILES string of the molecule is Cc1nn(Cc2ccccc2Cl)c2sc(C(=O)NCCNC(=O)Cc3cccc(F)c3)cc12. The molecule has 4 aromatic rings. The van der Waals surface area contributed by atoms with E-state index in [0.717, 1.165) is 21.5 Å². The normalized spacial score (nSPS) is 11.0. The van der Waals surface area contributed by atoms with Crippen LogP contribution in [0.4, 0.5) is 4.39 Å². The van der Waals surface area contributed by atoms with Crippen LogP contribution in [0.5, 0.6) is 0 Å². The zero-order chi connectivity index (χ0) is 23.4. The van der Waals surface area contributed by atoms with Crippen molar-refractivity contribution < 1.29 is 14.0 Å². The smallest absolute Gasteiger partial charge is 0.261 e. The Morgan fingerprint density at radius 3 is 2.67 bits per heavy atom. The highest BCUT2D eigenvalue weighted by atomic mass is 35.5. The largest absolute Gasteiger partial charge is 0.354 e. The van der Waals surface area contributed by atoms with Gasteiger partial charge in [0, 0.05) is 23.5 Å². The predicted molar refractivity (Wildman–Crippen MR) is 128 cm³/mol. The van der Waals surface area contributed by atoms with Gasteiger partial charge in [-0.05, 0) is 42.3 Å². The highest BCUT2D eigenvalue weighted by molar-refractivity contribution is 7.20. The molecule has 2 aromatic heterocycles. The van der Waals surface area contributed by atoms with Crippen molar-refractivity contribution in [2.75, 3.05) is 13.1 Å². The summed E-state index contributed by atoms with van der Waals surface area (Å²) in [5.74, 6) is -0.813. The van der Waals surface area contributed by atoms with Crippen LogP contribution in [0, 0.1) is 12.7 Å². The van der Waals surface area contributed by atoms with Crippen molar-refractivity contribution in [2.45, 2.75) is 19.9 Å². The Bertz CT molecular complexity index is 1320. The van der Waals surface area contributed by atoms with Crippen LogP contribution in [0.3, 0.4) is 0 Å². The average Bonchev–Trinajstić information content (AvgIpc) is 3.34. The average molecular weight is 485 g/mol. The Balaban J connectivity index is 1.33. The van der Waals surface area contributed by atoms with Gasteiger partial charge in [-0.15, -0.1) is 11.3 Å². The van der Waals surface area contributed by atoms with Crippen LogP contribution in [0.15, 0.2) is 54.6 Å². The van der Waals surface area contributed by atoms with Gasteiger partial charge < -0.3 is 10.6 Å². The van der Waals surface area contributed by atoms with Gasteiger partial charge in [0.25, 0.3) is 5.91 Å². The molecule has 2 N–H and O–H groups in total. The van der Waals surface area contributed by atoms with E-state index in [2.05, 4.69) is 15.7 Å². The minimum atomic E-state index is -0.374. The Labute approximate surface area is 199 Å². The lowest BCUT2D eigenvalue weighted by Gasteiger charge is -2.07. The predicted octanol–water partition coefficient (Wildman–Crippen LogP) is 4.34. The van der Waals surface area contributed by atoms with Crippen LogP contribution in [0.1, 0.15) is 26.5 Å². The van der Waals surface area contributed by atoms with Gasteiger partial charge >= 0.3 is 0 Å². The highest BCUT2D eigenvalue weighted by Gasteiger charge is 2.17. The molecule has 6 nitrogen and oxygen atoms in total. The molecule has 0 bridgehead atoms. The first kappa shape index (κ1) is 22.9. The van der Waals surface area contributed by atoms with Crippen LogP contribution < -0.4 is 10.6 Å². The number of aromatic nitrogens is 2. The van der Waals surface area contributed by atoms with Crippen molar-refractivity contribution in [1.82, 2.24) is 20.4 Å². The van der Waals surface area contributed by atoms with E-state index in [0.29, 0.717) is 22.0 Å². The number of thiophene rings is 1. The van der Waals surface area contributed by atoms with Crippen molar-refractivity contribution in [1.29, 1.82) is 0 Å². The molecule has 0 saturated carbocycles. The molecular weight excluding hydrogens is 463 g/mol. The zero-order valence-electron chi connectivity index (χ0n) is 17.9. The summed E-state index contributed by atoms with van der Waals surface area (Å²) >= 11 is 7.65. The van der Waals surface area contributed by atoms with Crippen LogP contribution in [-0.2, 0) is 17.8 Å². The molecule has 0 spiro atoms. The fourth-order valence-electron chi connectivity index (χ4n) is 3.48. The van der Waals surface area contributed by atoms with Gasteiger partial charge in [0.05, 0.1) is 23.5 Å². The number of hydrogen-bond donors (Lipinski definition) is 2. The molecule has 0 aliphatic carbocycles. The van der Waals surface area contributed by atoms with Crippen molar-refractivity contribution in [3.8, 4) is 0 Å². The molecule has 0 aliphatic heterocycles. The summed E-state index contributed by atoms with van der Waals surface area (Å²) in [6, 6.07) is 15.4. The van der Waals surface area contributed by atoms with Gasteiger partial charge in [0.2, 0.25) is 5.91 Å². The lowest BCUT2D eigenvalue weighted by Crippen LogP contribution is -2.35. The van der Waals surface area contributed by atoms with Gasteiger partial charge in [-0.3, -0.25) is 14.3 Å². The van der Waals surface area contributed by atoms with Crippen LogP contribution >= 0.6 is 22.9 Å². The quantitative estimate of drug-likeness (QED) is 0.365. The maximum Gasteiger partial charge on any atom is 0.261 e. The number of amides is 2. The van der Waals surface area contributed by atoms with Gasteiger partial charge in [-0.25, -0.2) is 4.39 Å². The number of carbonyl (C=O) groups is 2. The first-order chi connectivity index (χ1) is 15.9. The second-order valence-electron chi connectivity index (χ2n) is 7.58. The van der Waals surface area contributed by atoms with E-state index in [4.69, 9.17) is 11.6 Å². The number of halogens is 2. The van der Waals surface area contributed by atoms with E-state index in [1.54, 1.807) is 12.1 Å². The molecule has 2 amide bonds. The first-order valence-corrected chi connectivity index (χ1v) is 11.6. The van der Waals surface area contributed by atoms with Crippen molar-refractivity contribution in [3.63, 3.8) is 0 Å². The van der Waals surface area contributed by atoms with Crippen molar-refractivity contribution in [3.05, 3.63) is 87.1 Å². The van der Waals surface area contributed by atoms with Crippen molar-refractivity contribution >= 4 is 45.0 Å². The summed E-state index contributed by atoms with van der Waals surface area (Å²) in [5, 5.41) is 11.7. The fourth-order valence-corrected chi connectivity index (χ4v) is 4.75. The minimum Gasteiger partial charge on any atom is -0.354 e.